The topological polar surface area (TPSA) is 62.5 Å². The van der Waals surface area contributed by atoms with E-state index in [1.807, 2.05) is 24.3 Å². The van der Waals surface area contributed by atoms with Gasteiger partial charge in [0.2, 0.25) is 5.91 Å². The van der Waals surface area contributed by atoms with E-state index in [9.17, 15) is 4.79 Å². The van der Waals surface area contributed by atoms with Gasteiger partial charge >= 0.3 is 0 Å². The number of nitrogens with zero attached hydrogens (tertiary/aromatic N) is 3. The number of anilines is 1. The Morgan fingerprint density at radius 2 is 1.89 bits per heavy atom. The molecule has 0 aliphatic carbocycles. The summed E-state index contributed by atoms with van der Waals surface area (Å²) in [6, 6.07) is 14.3. The van der Waals surface area contributed by atoms with Crippen LogP contribution in [-0.4, -0.2) is 40.3 Å². The normalized spacial score (nSPS) is 23.7. The third kappa shape index (κ3) is 4.14. The maximum Gasteiger partial charge on any atom is 0.222 e. The van der Waals surface area contributed by atoms with Gasteiger partial charge in [-0.2, -0.15) is 0 Å². The first-order chi connectivity index (χ1) is 13.1. The molecule has 2 fully saturated rings. The van der Waals surface area contributed by atoms with Gasteiger partial charge in [-0.25, -0.2) is 4.98 Å². The largest absolute Gasteiger partial charge is 0.383 e. The summed E-state index contributed by atoms with van der Waals surface area (Å²) in [5.41, 5.74) is 8.56. The van der Waals surface area contributed by atoms with Gasteiger partial charge < -0.3 is 10.6 Å². The SMILES string of the molecule is Nc1ncccc1CN1CCCC2(CCC(=O)N(Cc3ccccc3)C2)C1. The van der Waals surface area contributed by atoms with Gasteiger partial charge in [0.05, 0.1) is 0 Å². The molecule has 5 heteroatoms. The summed E-state index contributed by atoms with van der Waals surface area (Å²) in [4.78, 5) is 21.3. The van der Waals surface area contributed by atoms with E-state index in [0.717, 1.165) is 44.7 Å². The summed E-state index contributed by atoms with van der Waals surface area (Å²) >= 11 is 0. The molecule has 0 bridgehead atoms. The molecular formula is C22H28N4O. The van der Waals surface area contributed by atoms with Crippen LogP contribution in [0.3, 0.4) is 0 Å². The number of likely N-dealkylation sites (tertiary alicyclic amines) is 2. The van der Waals surface area contributed by atoms with Crippen molar-refractivity contribution in [3.05, 3.63) is 59.8 Å². The molecule has 2 N–H and O–H groups in total. The van der Waals surface area contributed by atoms with Crippen LogP contribution < -0.4 is 5.73 Å². The second kappa shape index (κ2) is 7.69. The van der Waals surface area contributed by atoms with Gasteiger partial charge in [0.1, 0.15) is 5.82 Å². The fourth-order valence-corrected chi connectivity index (χ4v) is 4.65. The molecule has 142 valence electrons. The third-order valence-corrected chi connectivity index (χ3v) is 6.02. The fraction of sp³-hybridized carbons (Fsp3) is 0.455. The van der Waals surface area contributed by atoms with Gasteiger partial charge in [-0.3, -0.25) is 9.69 Å². The van der Waals surface area contributed by atoms with E-state index in [0.29, 0.717) is 12.2 Å². The quantitative estimate of drug-likeness (QED) is 0.906. The third-order valence-electron chi connectivity index (χ3n) is 6.02. The molecule has 2 aliphatic heterocycles. The summed E-state index contributed by atoms with van der Waals surface area (Å²) in [7, 11) is 0. The minimum atomic E-state index is 0.206. The average Bonchev–Trinajstić information content (AvgIpc) is 2.68. The minimum Gasteiger partial charge on any atom is -0.383 e. The van der Waals surface area contributed by atoms with Crippen molar-refractivity contribution in [1.29, 1.82) is 0 Å². The maximum absolute atomic E-state index is 12.5. The number of nitrogens with two attached hydrogens (primary N) is 1. The first-order valence-corrected chi connectivity index (χ1v) is 9.87. The molecule has 5 nitrogen and oxygen atoms in total. The lowest BCUT2D eigenvalue weighted by atomic mass is 9.73. The zero-order chi connectivity index (χ0) is 18.7. The molecule has 1 spiro atoms. The highest BCUT2D eigenvalue weighted by atomic mass is 16.2. The minimum absolute atomic E-state index is 0.206. The van der Waals surface area contributed by atoms with Crippen LogP contribution in [0.1, 0.15) is 36.8 Å². The molecule has 4 rings (SSSR count). The summed E-state index contributed by atoms with van der Waals surface area (Å²) in [6.45, 7) is 4.54. The van der Waals surface area contributed by atoms with E-state index in [4.69, 9.17) is 5.73 Å². The van der Waals surface area contributed by atoms with E-state index in [1.54, 1.807) is 6.20 Å². The highest BCUT2D eigenvalue weighted by molar-refractivity contribution is 5.77. The Bertz CT molecular complexity index is 794. The van der Waals surface area contributed by atoms with Crippen molar-refractivity contribution in [2.45, 2.75) is 38.8 Å². The molecule has 1 atom stereocenters. The lowest BCUT2D eigenvalue weighted by Crippen LogP contribution is -2.53. The van der Waals surface area contributed by atoms with Crippen LogP contribution in [0.4, 0.5) is 5.82 Å². The second-order valence-electron chi connectivity index (χ2n) is 8.10. The Morgan fingerprint density at radius 3 is 2.70 bits per heavy atom. The number of carbonyl (C=O) groups excluding carboxylic acids is 1. The van der Waals surface area contributed by atoms with Crippen LogP contribution in [0.2, 0.25) is 0 Å². The van der Waals surface area contributed by atoms with Gasteiger partial charge in [-0.15, -0.1) is 0 Å². The maximum atomic E-state index is 12.5. The molecule has 2 aliphatic rings. The van der Waals surface area contributed by atoms with Crippen LogP contribution in [-0.2, 0) is 17.9 Å². The number of nitrogen functional groups attached to an aromatic ring is 1. The van der Waals surface area contributed by atoms with Gasteiger partial charge in [0, 0.05) is 49.8 Å². The second-order valence-corrected chi connectivity index (χ2v) is 8.10. The van der Waals surface area contributed by atoms with Crippen LogP contribution in [0, 0.1) is 5.41 Å². The Labute approximate surface area is 161 Å². The molecule has 0 saturated carbocycles. The van der Waals surface area contributed by atoms with Crippen molar-refractivity contribution >= 4 is 11.7 Å². The van der Waals surface area contributed by atoms with Crippen molar-refractivity contribution in [2.75, 3.05) is 25.4 Å². The van der Waals surface area contributed by atoms with Gasteiger partial charge in [-0.05, 0) is 37.4 Å². The van der Waals surface area contributed by atoms with E-state index in [-0.39, 0.29) is 11.3 Å². The number of piperidine rings is 2. The highest BCUT2D eigenvalue weighted by Gasteiger charge is 2.41. The predicted octanol–water partition coefficient (Wildman–Crippen LogP) is 3.07. The van der Waals surface area contributed by atoms with Crippen molar-refractivity contribution < 1.29 is 4.79 Å². The lowest BCUT2D eigenvalue weighted by molar-refractivity contribution is -0.140. The number of aromatic nitrogens is 1. The molecule has 1 unspecified atom stereocenters. The zero-order valence-corrected chi connectivity index (χ0v) is 15.8. The Balaban J connectivity index is 1.45. The number of benzene rings is 1. The van der Waals surface area contributed by atoms with E-state index in [2.05, 4.69) is 33.0 Å². The summed E-state index contributed by atoms with van der Waals surface area (Å²) in [5.74, 6) is 0.916. The molecule has 0 radical (unpaired) electrons. The van der Waals surface area contributed by atoms with Crippen molar-refractivity contribution in [1.82, 2.24) is 14.8 Å². The molecule has 1 amide bonds. The Hall–Kier alpha value is -2.40. The van der Waals surface area contributed by atoms with Crippen LogP contribution in [0.5, 0.6) is 0 Å². The molecule has 1 aromatic carbocycles. The summed E-state index contributed by atoms with van der Waals surface area (Å²) < 4.78 is 0. The standard InChI is InChI=1S/C22H28N4O/c23-21-19(8-4-12-24-21)15-25-13-5-10-22(16-25)11-9-20(27)26(17-22)14-18-6-2-1-3-7-18/h1-4,6-8,12H,5,9-11,13-17H2,(H2,23,24). The molecule has 27 heavy (non-hydrogen) atoms. The number of rotatable bonds is 4. The monoisotopic (exact) mass is 364 g/mol. The van der Waals surface area contributed by atoms with Crippen molar-refractivity contribution in [3.8, 4) is 0 Å². The highest BCUT2D eigenvalue weighted by Crippen LogP contribution is 2.39. The van der Waals surface area contributed by atoms with Gasteiger partial charge in [0.25, 0.3) is 0 Å². The van der Waals surface area contributed by atoms with Crippen molar-refractivity contribution in [2.24, 2.45) is 5.41 Å². The Morgan fingerprint density at radius 1 is 1.04 bits per heavy atom. The van der Waals surface area contributed by atoms with E-state index in [1.165, 1.54) is 18.4 Å². The number of hydrogen-bond acceptors (Lipinski definition) is 4. The number of carbonyl (C=O) groups is 1. The molecular weight excluding hydrogens is 336 g/mol. The number of pyridine rings is 1. The lowest BCUT2D eigenvalue weighted by Gasteiger charge is -2.48. The molecule has 3 heterocycles. The first-order valence-electron chi connectivity index (χ1n) is 9.87. The van der Waals surface area contributed by atoms with Crippen LogP contribution in [0.15, 0.2) is 48.7 Å². The number of amides is 1. The van der Waals surface area contributed by atoms with Crippen LogP contribution >= 0.6 is 0 Å². The smallest absolute Gasteiger partial charge is 0.222 e. The summed E-state index contributed by atoms with van der Waals surface area (Å²) in [5, 5.41) is 0. The number of hydrogen-bond donors (Lipinski definition) is 1. The molecule has 2 aromatic rings. The fourth-order valence-electron chi connectivity index (χ4n) is 4.65. The van der Waals surface area contributed by atoms with Gasteiger partial charge in [0.15, 0.2) is 0 Å². The van der Waals surface area contributed by atoms with Crippen LogP contribution in [0.25, 0.3) is 0 Å². The van der Waals surface area contributed by atoms with Crippen molar-refractivity contribution in [3.63, 3.8) is 0 Å². The Kier molecular flexibility index (Phi) is 5.12. The first kappa shape index (κ1) is 18.0. The zero-order valence-electron chi connectivity index (χ0n) is 15.8. The summed E-state index contributed by atoms with van der Waals surface area (Å²) in [6.07, 6.45) is 5.77. The molecule has 2 saturated heterocycles. The van der Waals surface area contributed by atoms with E-state index < -0.39 is 0 Å². The average molecular weight is 364 g/mol. The van der Waals surface area contributed by atoms with Gasteiger partial charge in [-0.1, -0.05) is 36.4 Å². The molecule has 1 aromatic heterocycles. The van der Waals surface area contributed by atoms with E-state index >= 15 is 0 Å². The predicted molar refractivity (Wildman–Crippen MR) is 107 cm³/mol.